The van der Waals surface area contributed by atoms with Crippen LogP contribution in [0.1, 0.15) is 76.0 Å². The fourth-order valence-electron chi connectivity index (χ4n) is 1.61. The van der Waals surface area contributed by atoms with Crippen molar-refractivity contribution in [1.82, 2.24) is 9.88 Å². The van der Waals surface area contributed by atoms with Gasteiger partial charge in [0.15, 0.2) is 5.69 Å². The Morgan fingerprint density at radius 2 is 1.88 bits per heavy atom. The molecule has 0 bridgehead atoms. The second-order valence-corrected chi connectivity index (χ2v) is 7.59. The number of thiazole rings is 1. The topological polar surface area (TPSA) is 89.0 Å². The van der Waals surface area contributed by atoms with Crippen LogP contribution in [-0.4, -0.2) is 52.9 Å². The van der Waals surface area contributed by atoms with Crippen LogP contribution in [0, 0.1) is 0 Å². The van der Waals surface area contributed by atoms with Gasteiger partial charge < -0.3 is 19.5 Å². The lowest BCUT2D eigenvalue weighted by atomic mass is 10.2. The third-order valence-electron chi connectivity index (χ3n) is 2.73. The maximum atomic E-state index is 11.8. The number of amides is 1. The Morgan fingerprint density at radius 1 is 1.31 bits per heavy atom. The molecule has 1 amide bonds. The molecule has 0 radical (unpaired) electrons. The molecule has 7 nitrogen and oxygen atoms in total. The first-order chi connectivity index (χ1) is 12.1. The minimum Gasteiger partial charge on any atom is -0.461 e. The van der Waals surface area contributed by atoms with Crippen LogP contribution in [0.4, 0.5) is 4.79 Å². The van der Waals surface area contributed by atoms with Gasteiger partial charge >= 0.3 is 12.1 Å². The zero-order valence-electron chi connectivity index (χ0n) is 16.9. The summed E-state index contributed by atoms with van der Waals surface area (Å²) in [4.78, 5) is 28.8. The largest absolute Gasteiger partial charge is 0.461 e. The molecule has 0 aliphatic rings. The number of aliphatic hydroxyl groups is 1. The van der Waals surface area contributed by atoms with Crippen molar-refractivity contribution in [3.63, 3.8) is 0 Å². The molecule has 26 heavy (non-hydrogen) atoms. The fraction of sp³-hybridized carbons (Fsp3) is 0.722. The standard InChI is InChI=1S/C15H24N2O5S.C3H8/c1-6-21-13(19)10-9-23-12(16-10)11(18)7-8-17(5)14(20)22-15(2,3)4;1-3-2/h9,11,18H,6-8H2,1-5H3;3H2,1-2H3. The molecule has 0 saturated heterocycles. The molecule has 0 aromatic carbocycles. The van der Waals surface area contributed by atoms with Crippen LogP contribution in [0.3, 0.4) is 0 Å². The first kappa shape index (κ1) is 24.3. The van der Waals surface area contributed by atoms with Crippen LogP contribution >= 0.6 is 11.3 Å². The van der Waals surface area contributed by atoms with E-state index in [1.807, 2.05) is 0 Å². The lowest BCUT2D eigenvalue weighted by Gasteiger charge is -2.25. The van der Waals surface area contributed by atoms with Gasteiger partial charge in [-0.2, -0.15) is 0 Å². The number of hydrogen-bond acceptors (Lipinski definition) is 7. The number of nitrogens with zero attached hydrogens (tertiary/aromatic N) is 2. The molecule has 1 rings (SSSR count). The van der Waals surface area contributed by atoms with Gasteiger partial charge in [0.25, 0.3) is 0 Å². The van der Waals surface area contributed by atoms with Gasteiger partial charge in [-0.05, 0) is 34.1 Å². The molecule has 0 spiro atoms. The zero-order valence-corrected chi connectivity index (χ0v) is 17.7. The number of aliphatic hydroxyl groups excluding tert-OH is 1. The minimum atomic E-state index is -0.854. The molecular weight excluding hydrogens is 356 g/mol. The van der Waals surface area contributed by atoms with Crippen LogP contribution in [0.25, 0.3) is 0 Å². The van der Waals surface area contributed by atoms with E-state index < -0.39 is 23.8 Å². The summed E-state index contributed by atoms with van der Waals surface area (Å²) in [6.45, 7) is 11.9. The molecule has 1 aromatic heterocycles. The predicted molar refractivity (Wildman–Crippen MR) is 102 cm³/mol. The average molecular weight is 389 g/mol. The summed E-state index contributed by atoms with van der Waals surface area (Å²) >= 11 is 1.19. The SMILES string of the molecule is CCC.CCOC(=O)c1csc(C(O)CCN(C)C(=O)OC(C)(C)C)n1. The number of hydrogen-bond donors (Lipinski definition) is 1. The van der Waals surface area contributed by atoms with Crippen LogP contribution in [0.5, 0.6) is 0 Å². The third-order valence-corrected chi connectivity index (χ3v) is 3.68. The van der Waals surface area contributed by atoms with Crippen molar-refractivity contribution in [3.05, 3.63) is 16.1 Å². The molecule has 0 saturated carbocycles. The first-order valence-electron chi connectivity index (χ1n) is 8.80. The lowest BCUT2D eigenvalue weighted by molar-refractivity contribution is 0.0273. The third kappa shape index (κ3) is 9.72. The van der Waals surface area contributed by atoms with Crippen molar-refractivity contribution in [2.24, 2.45) is 0 Å². The molecule has 1 atom stereocenters. The Balaban J connectivity index is 0.00000194. The van der Waals surface area contributed by atoms with Crippen molar-refractivity contribution in [1.29, 1.82) is 0 Å². The average Bonchev–Trinajstić information content (AvgIpc) is 3.01. The summed E-state index contributed by atoms with van der Waals surface area (Å²) in [5.41, 5.74) is -0.375. The van der Waals surface area contributed by atoms with Gasteiger partial charge in [0.1, 0.15) is 16.7 Å². The molecule has 0 aliphatic heterocycles. The van der Waals surface area contributed by atoms with Gasteiger partial charge in [0.05, 0.1) is 6.61 Å². The van der Waals surface area contributed by atoms with E-state index >= 15 is 0 Å². The molecule has 1 N–H and O–H groups in total. The van der Waals surface area contributed by atoms with Gasteiger partial charge in [0.2, 0.25) is 0 Å². The summed E-state index contributed by atoms with van der Waals surface area (Å²) in [6, 6.07) is 0. The van der Waals surface area contributed by atoms with Crippen molar-refractivity contribution < 1.29 is 24.2 Å². The van der Waals surface area contributed by atoms with E-state index in [0.717, 1.165) is 0 Å². The molecule has 0 aliphatic carbocycles. The quantitative estimate of drug-likeness (QED) is 0.740. The van der Waals surface area contributed by atoms with E-state index in [-0.39, 0.29) is 12.3 Å². The molecule has 1 heterocycles. The second kappa shape index (κ2) is 11.9. The fourth-order valence-corrected chi connectivity index (χ4v) is 2.42. The molecule has 1 aromatic rings. The van der Waals surface area contributed by atoms with Crippen molar-refractivity contribution in [2.75, 3.05) is 20.2 Å². The van der Waals surface area contributed by atoms with Crippen molar-refractivity contribution in [3.8, 4) is 0 Å². The number of aromatic nitrogens is 1. The predicted octanol–water partition coefficient (Wildman–Crippen LogP) is 4.03. The van der Waals surface area contributed by atoms with Gasteiger partial charge in [-0.3, -0.25) is 0 Å². The van der Waals surface area contributed by atoms with E-state index in [2.05, 4.69) is 18.8 Å². The van der Waals surface area contributed by atoms with Crippen molar-refractivity contribution in [2.45, 2.75) is 66.1 Å². The number of carbonyl (C=O) groups is 2. The Kier molecular flexibility index (Phi) is 11.1. The molecule has 1 unspecified atom stereocenters. The Bertz CT molecular complexity index is 554. The Hall–Kier alpha value is -1.67. The smallest absolute Gasteiger partial charge is 0.410 e. The van der Waals surface area contributed by atoms with E-state index in [9.17, 15) is 14.7 Å². The van der Waals surface area contributed by atoms with E-state index in [0.29, 0.717) is 18.0 Å². The normalized spacial score (nSPS) is 11.8. The summed E-state index contributed by atoms with van der Waals surface area (Å²) in [5.74, 6) is -0.506. The maximum absolute atomic E-state index is 11.8. The summed E-state index contributed by atoms with van der Waals surface area (Å²) in [7, 11) is 1.60. The Labute approximate surface area is 160 Å². The van der Waals surface area contributed by atoms with Gasteiger partial charge in [-0.25, -0.2) is 14.6 Å². The number of esters is 1. The summed E-state index contributed by atoms with van der Waals surface area (Å²) in [5, 5.41) is 12.1. The highest BCUT2D eigenvalue weighted by molar-refractivity contribution is 7.09. The molecular formula is C18H32N2O5S. The minimum absolute atomic E-state index is 0.186. The monoisotopic (exact) mass is 388 g/mol. The highest BCUT2D eigenvalue weighted by Gasteiger charge is 2.21. The second-order valence-electron chi connectivity index (χ2n) is 6.70. The van der Waals surface area contributed by atoms with E-state index in [1.54, 1.807) is 40.1 Å². The van der Waals surface area contributed by atoms with E-state index in [1.165, 1.54) is 22.7 Å². The molecule has 8 heteroatoms. The molecule has 150 valence electrons. The van der Waals surface area contributed by atoms with Gasteiger partial charge in [-0.1, -0.05) is 20.3 Å². The van der Waals surface area contributed by atoms with Crippen molar-refractivity contribution >= 4 is 23.4 Å². The summed E-state index contributed by atoms with van der Waals surface area (Å²) < 4.78 is 10.1. The molecule has 0 fully saturated rings. The number of rotatable bonds is 6. The Morgan fingerprint density at radius 3 is 2.38 bits per heavy atom. The summed E-state index contributed by atoms with van der Waals surface area (Å²) in [6.07, 6.45) is 0.245. The first-order valence-corrected chi connectivity index (χ1v) is 9.68. The zero-order chi connectivity index (χ0) is 20.3. The van der Waals surface area contributed by atoms with Crippen LogP contribution < -0.4 is 0 Å². The van der Waals surface area contributed by atoms with Crippen LogP contribution in [0.2, 0.25) is 0 Å². The van der Waals surface area contributed by atoms with Crippen LogP contribution in [0.15, 0.2) is 5.38 Å². The van der Waals surface area contributed by atoms with Gasteiger partial charge in [0, 0.05) is 19.0 Å². The number of carbonyl (C=O) groups excluding carboxylic acids is 2. The van der Waals surface area contributed by atoms with E-state index in [4.69, 9.17) is 9.47 Å². The highest BCUT2D eigenvalue weighted by atomic mass is 32.1. The maximum Gasteiger partial charge on any atom is 0.410 e. The van der Waals surface area contributed by atoms with Crippen LogP contribution in [-0.2, 0) is 9.47 Å². The number of ether oxygens (including phenoxy) is 2. The highest BCUT2D eigenvalue weighted by Crippen LogP contribution is 2.22. The van der Waals surface area contributed by atoms with Gasteiger partial charge in [-0.15, -0.1) is 11.3 Å². The lowest BCUT2D eigenvalue weighted by Crippen LogP contribution is -2.35.